The summed E-state index contributed by atoms with van der Waals surface area (Å²) in [6.07, 6.45) is 12.6. The highest BCUT2D eigenvalue weighted by Gasteiger charge is 2.28. The molecular weight excluding hydrogens is 212 g/mol. The van der Waals surface area contributed by atoms with Gasteiger partial charge in [0.2, 0.25) is 0 Å². The average molecular weight is 238 g/mol. The van der Waals surface area contributed by atoms with Crippen molar-refractivity contribution in [3.05, 3.63) is 0 Å². The summed E-state index contributed by atoms with van der Waals surface area (Å²) in [5.74, 6) is 2.50. The van der Waals surface area contributed by atoms with Crippen molar-refractivity contribution in [2.45, 2.75) is 64.7 Å². The molecule has 2 aliphatic rings. The first-order chi connectivity index (χ1) is 8.25. The summed E-state index contributed by atoms with van der Waals surface area (Å²) in [6.45, 7) is 2.17. The molecule has 98 valence electrons. The average Bonchev–Trinajstić information content (AvgIpc) is 2.38. The van der Waals surface area contributed by atoms with E-state index in [1.807, 2.05) is 0 Å². The fourth-order valence-electron chi connectivity index (χ4n) is 3.67. The first-order valence-corrected chi connectivity index (χ1v) is 7.39. The topological polar surface area (TPSA) is 26.3 Å². The quantitative estimate of drug-likeness (QED) is 0.696. The van der Waals surface area contributed by atoms with Crippen LogP contribution in [0.15, 0.2) is 0 Å². The molecule has 0 aromatic carbocycles. The highest BCUT2D eigenvalue weighted by molar-refractivity contribution is 5.65. The molecule has 2 rings (SSSR count). The Hall–Kier alpha value is -0.530. The van der Waals surface area contributed by atoms with Crippen molar-refractivity contribution in [1.29, 1.82) is 0 Å². The lowest BCUT2D eigenvalue weighted by Gasteiger charge is -2.35. The third-order valence-corrected chi connectivity index (χ3v) is 4.73. The van der Waals surface area contributed by atoms with E-state index >= 15 is 0 Å². The molecule has 0 aromatic rings. The van der Waals surface area contributed by atoms with Gasteiger partial charge in [-0.2, -0.15) is 0 Å². The van der Waals surface area contributed by atoms with Gasteiger partial charge in [0.15, 0.2) is 0 Å². The van der Waals surface area contributed by atoms with Crippen molar-refractivity contribution in [3.63, 3.8) is 0 Å². The van der Waals surface area contributed by atoms with Crippen LogP contribution in [0.5, 0.6) is 0 Å². The van der Waals surface area contributed by atoms with E-state index in [9.17, 15) is 4.79 Å². The van der Waals surface area contributed by atoms with Crippen LogP contribution in [0.25, 0.3) is 0 Å². The molecular formula is C15H26O2. The number of carbonyl (C=O) groups is 1. The number of rotatable bonds is 3. The van der Waals surface area contributed by atoms with Crippen LogP contribution in [0.1, 0.15) is 64.7 Å². The maximum Gasteiger partial charge on any atom is 0.302 e. The van der Waals surface area contributed by atoms with Crippen LogP contribution in [0.2, 0.25) is 0 Å². The molecule has 0 radical (unpaired) electrons. The Kier molecular flexibility index (Phi) is 4.87. The molecule has 0 atom stereocenters. The van der Waals surface area contributed by atoms with E-state index in [1.165, 1.54) is 64.7 Å². The van der Waals surface area contributed by atoms with Crippen LogP contribution >= 0.6 is 0 Å². The van der Waals surface area contributed by atoms with Crippen LogP contribution in [0.4, 0.5) is 0 Å². The lowest BCUT2D eigenvalue weighted by molar-refractivity contribution is -0.142. The summed E-state index contributed by atoms with van der Waals surface area (Å²) in [5.41, 5.74) is 0. The summed E-state index contributed by atoms with van der Waals surface area (Å²) in [4.78, 5) is 10.8. The van der Waals surface area contributed by atoms with Gasteiger partial charge in [-0.15, -0.1) is 0 Å². The van der Waals surface area contributed by atoms with Crippen molar-refractivity contribution >= 4 is 5.97 Å². The Morgan fingerprint density at radius 3 is 2.12 bits per heavy atom. The molecule has 0 saturated heterocycles. The molecule has 0 aromatic heterocycles. The number of hydrogen-bond donors (Lipinski definition) is 0. The van der Waals surface area contributed by atoms with E-state index in [-0.39, 0.29) is 5.97 Å². The minimum Gasteiger partial charge on any atom is -0.466 e. The van der Waals surface area contributed by atoms with Gasteiger partial charge in [0.1, 0.15) is 0 Å². The van der Waals surface area contributed by atoms with Crippen molar-refractivity contribution in [1.82, 2.24) is 0 Å². The van der Waals surface area contributed by atoms with Crippen LogP contribution in [0, 0.1) is 17.8 Å². The van der Waals surface area contributed by atoms with Gasteiger partial charge in [-0.25, -0.2) is 0 Å². The third-order valence-electron chi connectivity index (χ3n) is 4.73. The van der Waals surface area contributed by atoms with Gasteiger partial charge in [-0.1, -0.05) is 32.1 Å². The summed E-state index contributed by atoms with van der Waals surface area (Å²) in [6, 6.07) is 0. The Morgan fingerprint density at radius 1 is 0.941 bits per heavy atom. The van der Waals surface area contributed by atoms with Crippen LogP contribution in [0.3, 0.4) is 0 Å². The highest BCUT2D eigenvalue weighted by atomic mass is 16.5. The molecule has 2 heteroatoms. The van der Waals surface area contributed by atoms with Gasteiger partial charge >= 0.3 is 5.97 Å². The lowest BCUT2D eigenvalue weighted by atomic mass is 9.71. The number of carbonyl (C=O) groups excluding carboxylic acids is 1. The van der Waals surface area contributed by atoms with Crippen molar-refractivity contribution < 1.29 is 9.53 Å². The van der Waals surface area contributed by atoms with Gasteiger partial charge in [-0.3, -0.25) is 4.79 Å². The van der Waals surface area contributed by atoms with E-state index in [1.54, 1.807) is 0 Å². The van der Waals surface area contributed by atoms with Gasteiger partial charge in [0, 0.05) is 6.92 Å². The van der Waals surface area contributed by atoms with Crippen LogP contribution in [-0.2, 0) is 9.53 Å². The minimum atomic E-state index is -0.126. The van der Waals surface area contributed by atoms with Gasteiger partial charge in [0.25, 0.3) is 0 Å². The zero-order valence-electron chi connectivity index (χ0n) is 11.1. The fourth-order valence-corrected chi connectivity index (χ4v) is 3.67. The Morgan fingerprint density at radius 2 is 1.53 bits per heavy atom. The molecule has 2 saturated carbocycles. The maximum absolute atomic E-state index is 10.8. The molecule has 17 heavy (non-hydrogen) atoms. The van der Waals surface area contributed by atoms with E-state index in [0.717, 1.165) is 11.8 Å². The second-order valence-corrected chi connectivity index (χ2v) is 5.98. The van der Waals surface area contributed by atoms with E-state index in [4.69, 9.17) is 4.74 Å². The maximum atomic E-state index is 10.8. The molecule has 0 bridgehead atoms. The van der Waals surface area contributed by atoms with Crippen molar-refractivity contribution in [2.24, 2.45) is 17.8 Å². The molecule has 0 unspecified atom stereocenters. The Labute approximate surface area is 105 Å². The first kappa shape index (κ1) is 12.9. The zero-order chi connectivity index (χ0) is 12.1. The van der Waals surface area contributed by atoms with E-state index in [2.05, 4.69) is 0 Å². The van der Waals surface area contributed by atoms with Crippen molar-refractivity contribution in [2.75, 3.05) is 6.61 Å². The fraction of sp³-hybridized carbons (Fsp3) is 0.933. The second kappa shape index (κ2) is 6.42. The van der Waals surface area contributed by atoms with Crippen molar-refractivity contribution in [3.8, 4) is 0 Å². The van der Waals surface area contributed by atoms with Gasteiger partial charge in [0.05, 0.1) is 6.61 Å². The van der Waals surface area contributed by atoms with Gasteiger partial charge < -0.3 is 4.74 Å². The first-order valence-electron chi connectivity index (χ1n) is 7.39. The number of hydrogen-bond acceptors (Lipinski definition) is 2. The Balaban J connectivity index is 1.68. The van der Waals surface area contributed by atoms with Gasteiger partial charge in [-0.05, 0) is 43.4 Å². The SMILES string of the molecule is CC(=O)OCC1CCC(C2CCCCC2)CC1. The van der Waals surface area contributed by atoms with E-state index < -0.39 is 0 Å². The molecule has 0 heterocycles. The number of ether oxygens (including phenoxy) is 1. The normalized spacial score (nSPS) is 31.1. The minimum absolute atomic E-state index is 0.126. The molecule has 0 spiro atoms. The molecule has 2 nitrogen and oxygen atoms in total. The lowest BCUT2D eigenvalue weighted by Crippen LogP contribution is -2.25. The zero-order valence-corrected chi connectivity index (χ0v) is 11.1. The smallest absolute Gasteiger partial charge is 0.302 e. The molecule has 0 N–H and O–H groups in total. The molecule has 2 fully saturated rings. The molecule has 2 aliphatic carbocycles. The monoisotopic (exact) mass is 238 g/mol. The van der Waals surface area contributed by atoms with Crippen LogP contribution < -0.4 is 0 Å². The number of esters is 1. The van der Waals surface area contributed by atoms with Crippen LogP contribution in [-0.4, -0.2) is 12.6 Å². The summed E-state index contributed by atoms with van der Waals surface area (Å²) < 4.78 is 5.12. The third kappa shape index (κ3) is 4.01. The largest absolute Gasteiger partial charge is 0.466 e. The molecule has 0 aliphatic heterocycles. The summed E-state index contributed by atoms with van der Waals surface area (Å²) >= 11 is 0. The predicted molar refractivity (Wildman–Crippen MR) is 68.7 cm³/mol. The predicted octanol–water partition coefficient (Wildman–Crippen LogP) is 3.94. The highest BCUT2D eigenvalue weighted by Crippen LogP contribution is 2.39. The standard InChI is InChI=1S/C15H26O2/c1-12(16)17-11-13-7-9-15(10-8-13)14-5-3-2-4-6-14/h13-15H,2-11H2,1H3. The Bertz CT molecular complexity index is 235. The summed E-state index contributed by atoms with van der Waals surface area (Å²) in [5, 5.41) is 0. The second-order valence-electron chi connectivity index (χ2n) is 5.98. The molecule has 0 amide bonds. The van der Waals surface area contributed by atoms with E-state index in [0.29, 0.717) is 12.5 Å². The summed E-state index contributed by atoms with van der Waals surface area (Å²) in [7, 11) is 0.